The molecular weight excluding hydrogens is 280 g/mol. The summed E-state index contributed by atoms with van der Waals surface area (Å²) in [6.07, 6.45) is 1.69. The molecule has 1 saturated heterocycles. The molecule has 22 heavy (non-hydrogen) atoms. The predicted octanol–water partition coefficient (Wildman–Crippen LogP) is 0.551. The maximum atomic E-state index is 12.2. The van der Waals surface area contributed by atoms with E-state index >= 15 is 0 Å². The number of nitrogens with one attached hydrogen (secondary N) is 1. The summed E-state index contributed by atoms with van der Waals surface area (Å²) in [6, 6.07) is 7.21. The highest BCUT2D eigenvalue weighted by Gasteiger charge is 2.23. The van der Waals surface area contributed by atoms with Gasteiger partial charge in [0.25, 0.3) is 5.91 Å². The van der Waals surface area contributed by atoms with Gasteiger partial charge in [-0.1, -0.05) is 12.1 Å². The molecule has 1 aliphatic heterocycles. The first-order valence-corrected chi connectivity index (χ1v) is 7.55. The Hall–Kier alpha value is -2.08. The SMILES string of the molecule is CN(C)C(=O)CN1CCC(NC(=O)c2ccccc2N)CC1. The van der Waals surface area contributed by atoms with Gasteiger partial charge in [-0.15, -0.1) is 0 Å². The molecule has 2 amide bonds. The summed E-state index contributed by atoms with van der Waals surface area (Å²) in [7, 11) is 3.53. The summed E-state index contributed by atoms with van der Waals surface area (Å²) in [5.74, 6) is -0.0135. The number of para-hydroxylation sites is 1. The average molecular weight is 304 g/mol. The van der Waals surface area contributed by atoms with Gasteiger partial charge in [-0.3, -0.25) is 14.5 Å². The Bertz CT molecular complexity index is 537. The van der Waals surface area contributed by atoms with Gasteiger partial charge in [0.15, 0.2) is 0 Å². The molecule has 0 aromatic heterocycles. The highest BCUT2D eigenvalue weighted by Crippen LogP contribution is 2.14. The van der Waals surface area contributed by atoms with Crippen LogP contribution in [0.3, 0.4) is 0 Å². The third-order valence-corrected chi connectivity index (χ3v) is 3.99. The Kier molecular flexibility index (Phi) is 5.38. The van der Waals surface area contributed by atoms with Crippen molar-refractivity contribution < 1.29 is 9.59 Å². The van der Waals surface area contributed by atoms with Crippen LogP contribution in [0.5, 0.6) is 0 Å². The molecule has 0 aliphatic carbocycles. The molecule has 0 atom stereocenters. The lowest BCUT2D eigenvalue weighted by Crippen LogP contribution is -2.47. The molecule has 0 spiro atoms. The van der Waals surface area contributed by atoms with Crippen molar-refractivity contribution in [2.45, 2.75) is 18.9 Å². The van der Waals surface area contributed by atoms with E-state index in [4.69, 9.17) is 5.73 Å². The van der Waals surface area contributed by atoms with Crippen LogP contribution < -0.4 is 11.1 Å². The second kappa shape index (κ2) is 7.26. The number of nitrogens with zero attached hydrogens (tertiary/aromatic N) is 2. The number of nitrogen functional groups attached to an aromatic ring is 1. The van der Waals surface area contributed by atoms with Gasteiger partial charge in [-0.2, -0.15) is 0 Å². The Morgan fingerprint density at radius 2 is 1.91 bits per heavy atom. The van der Waals surface area contributed by atoms with E-state index in [1.165, 1.54) is 0 Å². The van der Waals surface area contributed by atoms with E-state index in [-0.39, 0.29) is 17.9 Å². The fraction of sp³-hybridized carbons (Fsp3) is 0.500. The van der Waals surface area contributed by atoms with Crippen molar-refractivity contribution in [2.24, 2.45) is 0 Å². The first-order chi connectivity index (χ1) is 10.5. The predicted molar refractivity (Wildman–Crippen MR) is 86.5 cm³/mol. The molecule has 0 radical (unpaired) electrons. The molecule has 0 unspecified atom stereocenters. The van der Waals surface area contributed by atoms with Crippen molar-refractivity contribution >= 4 is 17.5 Å². The summed E-state index contributed by atoms with van der Waals surface area (Å²) >= 11 is 0. The van der Waals surface area contributed by atoms with Crippen LogP contribution in [0, 0.1) is 0 Å². The molecule has 0 bridgehead atoms. The van der Waals surface area contributed by atoms with E-state index in [9.17, 15) is 9.59 Å². The number of piperidine rings is 1. The van der Waals surface area contributed by atoms with Gasteiger partial charge in [-0.05, 0) is 25.0 Å². The van der Waals surface area contributed by atoms with Gasteiger partial charge in [0.2, 0.25) is 5.91 Å². The number of rotatable bonds is 4. The zero-order valence-corrected chi connectivity index (χ0v) is 13.2. The summed E-state index contributed by atoms with van der Waals surface area (Å²) in [4.78, 5) is 27.6. The largest absolute Gasteiger partial charge is 0.398 e. The molecule has 2 rings (SSSR count). The molecule has 1 heterocycles. The minimum absolute atomic E-state index is 0.111. The number of benzene rings is 1. The smallest absolute Gasteiger partial charge is 0.253 e. The zero-order valence-electron chi connectivity index (χ0n) is 13.2. The van der Waals surface area contributed by atoms with Crippen LogP contribution in [0.25, 0.3) is 0 Å². The highest BCUT2D eigenvalue weighted by molar-refractivity contribution is 5.99. The monoisotopic (exact) mass is 304 g/mol. The maximum absolute atomic E-state index is 12.2. The topological polar surface area (TPSA) is 78.7 Å². The van der Waals surface area contributed by atoms with Crippen molar-refractivity contribution in [1.82, 2.24) is 15.1 Å². The molecule has 3 N–H and O–H groups in total. The van der Waals surface area contributed by atoms with Gasteiger partial charge in [-0.25, -0.2) is 0 Å². The third kappa shape index (κ3) is 4.21. The fourth-order valence-corrected chi connectivity index (χ4v) is 2.54. The molecule has 0 saturated carbocycles. The molecule has 6 heteroatoms. The van der Waals surface area contributed by atoms with Crippen LogP contribution in [0.2, 0.25) is 0 Å². The van der Waals surface area contributed by atoms with E-state index < -0.39 is 0 Å². The fourth-order valence-electron chi connectivity index (χ4n) is 2.54. The Morgan fingerprint density at radius 3 is 2.50 bits per heavy atom. The molecular formula is C16H24N4O2. The van der Waals surface area contributed by atoms with Crippen molar-refractivity contribution in [2.75, 3.05) is 39.5 Å². The number of hydrogen-bond donors (Lipinski definition) is 2. The lowest BCUT2D eigenvalue weighted by atomic mass is 10.0. The number of carbonyl (C=O) groups excluding carboxylic acids is 2. The number of carbonyl (C=O) groups is 2. The maximum Gasteiger partial charge on any atom is 0.253 e. The first kappa shape index (κ1) is 16.3. The van der Waals surface area contributed by atoms with E-state index in [0.29, 0.717) is 17.8 Å². The summed E-state index contributed by atoms with van der Waals surface area (Å²) in [5.41, 5.74) is 6.84. The molecule has 6 nitrogen and oxygen atoms in total. The average Bonchev–Trinajstić information content (AvgIpc) is 2.49. The second-order valence-electron chi connectivity index (χ2n) is 5.90. The molecule has 1 fully saturated rings. The molecule has 1 aromatic carbocycles. The summed E-state index contributed by atoms with van der Waals surface area (Å²) < 4.78 is 0. The van der Waals surface area contributed by atoms with E-state index in [0.717, 1.165) is 25.9 Å². The van der Waals surface area contributed by atoms with E-state index in [1.807, 2.05) is 6.07 Å². The Balaban J connectivity index is 1.81. The number of amides is 2. The second-order valence-corrected chi connectivity index (χ2v) is 5.90. The minimum atomic E-state index is -0.124. The van der Waals surface area contributed by atoms with Crippen molar-refractivity contribution in [3.8, 4) is 0 Å². The highest BCUT2D eigenvalue weighted by atomic mass is 16.2. The number of hydrogen-bond acceptors (Lipinski definition) is 4. The van der Waals surface area contributed by atoms with Crippen molar-refractivity contribution in [3.05, 3.63) is 29.8 Å². The van der Waals surface area contributed by atoms with Crippen LogP contribution in [-0.2, 0) is 4.79 Å². The summed E-state index contributed by atoms with van der Waals surface area (Å²) in [6.45, 7) is 2.07. The van der Waals surface area contributed by atoms with Crippen LogP contribution in [0.1, 0.15) is 23.2 Å². The van der Waals surface area contributed by atoms with Gasteiger partial charge < -0.3 is 16.0 Å². The van der Waals surface area contributed by atoms with Crippen LogP contribution in [0.4, 0.5) is 5.69 Å². The third-order valence-electron chi connectivity index (χ3n) is 3.99. The van der Waals surface area contributed by atoms with Crippen LogP contribution in [0.15, 0.2) is 24.3 Å². The standard InChI is InChI=1S/C16H24N4O2/c1-19(2)15(21)11-20-9-7-12(8-10-20)18-16(22)13-5-3-4-6-14(13)17/h3-6,12H,7-11,17H2,1-2H3,(H,18,22). The Labute approximate surface area is 131 Å². The quantitative estimate of drug-likeness (QED) is 0.796. The number of nitrogens with two attached hydrogens (primary N) is 1. The number of likely N-dealkylation sites (N-methyl/N-ethyl adjacent to an activating group) is 1. The number of anilines is 1. The van der Waals surface area contributed by atoms with Gasteiger partial charge in [0, 0.05) is 38.9 Å². The van der Waals surface area contributed by atoms with Crippen molar-refractivity contribution in [1.29, 1.82) is 0 Å². The van der Waals surface area contributed by atoms with E-state index in [2.05, 4.69) is 10.2 Å². The zero-order chi connectivity index (χ0) is 16.1. The minimum Gasteiger partial charge on any atom is -0.398 e. The molecule has 120 valence electrons. The normalized spacial score (nSPS) is 16.3. The molecule has 1 aliphatic rings. The van der Waals surface area contributed by atoms with E-state index in [1.54, 1.807) is 37.2 Å². The van der Waals surface area contributed by atoms with Crippen LogP contribution in [-0.4, -0.2) is 61.4 Å². The van der Waals surface area contributed by atoms with Gasteiger partial charge in [0.05, 0.1) is 12.1 Å². The first-order valence-electron chi connectivity index (χ1n) is 7.55. The lowest BCUT2D eigenvalue weighted by Gasteiger charge is -2.32. The van der Waals surface area contributed by atoms with Gasteiger partial charge >= 0.3 is 0 Å². The number of likely N-dealkylation sites (tertiary alicyclic amines) is 1. The van der Waals surface area contributed by atoms with Crippen molar-refractivity contribution in [3.63, 3.8) is 0 Å². The molecule has 1 aromatic rings. The van der Waals surface area contributed by atoms with Crippen LogP contribution >= 0.6 is 0 Å². The Morgan fingerprint density at radius 1 is 1.27 bits per heavy atom. The summed E-state index contributed by atoms with van der Waals surface area (Å²) in [5, 5.41) is 3.03. The lowest BCUT2D eigenvalue weighted by molar-refractivity contribution is -0.130. The van der Waals surface area contributed by atoms with Gasteiger partial charge in [0.1, 0.15) is 0 Å².